The third kappa shape index (κ3) is 2.72. The Bertz CT molecular complexity index is 551. The van der Waals surface area contributed by atoms with Crippen LogP contribution in [-0.2, 0) is 6.54 Å². The predicted octanol–water partition coefficient (Wildman–Crippen LogP) is 3.91. The summed E-state index contributed by atoms with van der Waals surface area (Å²) in [5.41, 5.74) is 1.28. The molecule has 1 aromatic heterocycles. The smallest absolute Gasteiger partial charge is 0.194 e. The van der Waals surface area contributed by atoms with Crippen LogP contribution in [0.4, 0.5) is 0 Å². The van der Waals surface area contributed by atoms with Crippen molar-refractivity contribution in [3.63, 3.8) is 0 Å². The highest BCUT2D eigenvalue weighted by Crippen LogP contribution is 2.41. The molecule has 1 aliphatic heterocycles. The number of hydrogen-bond donors (Lipinski definition) is 0. The van der Waals surface area contributed by atoms with Crippen molar-refractivity contribution in [3.05, 3.63) is 43.3 Å². The van der Waals surface area contributed by atoms with Gasteiger partial charge in [-0.05, 0) is 50.7 Å². The van der Waals surface area contributed by atoms with Crippen molar-refractivity contribution in [2.75, 3.05) is 13.2 Å². The maximum absolute atomic E-state index is 5.82. The molecule has 2 aromatic rings. The molecule has 0 atom stereocenters. The van der Waals surface area contributed by atoms with Crippen LogP contribution in [0.2, 0.25) is 0 Å². The topological polar surface area (TPSA) is 23.4 Å². The van der Waals surface area contributed by atoms with E-state index in [0.717, 1.165) is 45.1 Å². The van der Waals surface area contributed by atoms with Gasteiger partial charge >= 0.3 is 0 Å². The van der Waals surface area contributed by atoms with Gasteiger partial charge in [0.25, 0.3) is 0 Å². The van der Waals surface area contributed by atoms with Crippen molar-refractivity contribution in [3.8, 4) is 11.5 Å². The van der Waals surface area contributed by atoms with Crippen molar-refractivity contribution in [1.82, 2.24) is 4.57 Å². The second-order valence-corrected chi connectivity index (χ2v) is 6.41. The van der Waals surface area contributed by atoms with Gasteiger partial charge in [-0.3, -0.25) is 0 Å². The van der Waals surface area contributed by atoms with E-state index in [4.69, 9.17) is 9.47 Å². The van der Waals surface area contributed by atoms with Crippen LogP contribution >= 0.6 is 45.2 Å². The maximum Gasteiger partial charge on any atom is 0.194 e. The number of fused-ring (bicyclic) bond motifs is 1. The summed E-state index contributed by atoms with van der Waals surface area (Å²) >= 11 is 4.68. The van der Waals surface area contributed by atoms with Gasteiger partial charge < -0.3 is 14.0 Å². The van der Waals surface area contributed by atoms with Crippen LogP contribution in [0, 0.1) is 7.40 Å². The second-order valence-electron chi connectivity index (χ2n) is 4.36. The summed E-state index contributed by atoms with van der Waals surface area (Å²) in [6.45, 7) is 2.31. The fraction of sp³-hybridized carbons (Fsp3) is 0.286. The lowest BCUT2D eigenvalue weighted by atomic mass is 10.2. The number of ether oxygens (including phenoxy) is 2. The summed E-state index contributed by atoms with van der Waals surface area (Å²) in [5.74, 6) is 1.80. The van der Waals surface area contributed by atoms with E-state index in [1.54, 1.807) is 0 Å². The molecule has 0 saturated heterocycles. The monoisotopic (exact) mass is 481 g/mol. The summed E-state index contributed by atoms with van der Waals surface area (Å²) in [5, 5.41) is 0. The molecule has 1 aliphatic rings. The summed E-state index contributed by atoms with van der Waals surface area (Å²) in [4.78, 5) is 0. The Balaban J connectivity index is 1.98. The van der Waals surface area contributed by atoms with Crippen molar-refractivity contribution < 1.29 is 9.47 Å². The normalized spacial score (nSPS) is 14.2. The highest BCUT2D eigenvalue weighted by atomic mass is 127. The zero-order chi connectivity index (χ0) is 13.2. The van der Waals surface area contributed by atoms with Gasteiger partial charge in [0.15, 0.2) is 11.5 Å². The number of halogens is 2. The van der Waals surface area contributed by atoms with Gasteiger partial charge in [-0.15, -0.1) is 0 Å². The molecule has 0 saturated carbocycles. The van der Waals surface area contributed by atoms with E-state index in [1.165, 1.54) is 5.56 Å². The molecule has 0 amide bonds. The van der Waals surface area contributed by atoms with Crippen LogP contribution in [0.1, 0.15) is 12.0 Å². The van der Waals surface area contributed by atoms with Gasteiger partial charge in [0.2, 0.25) is 0 Å². The van der Waals surface area contributed by atoms with Crippen molar-refractivity contribution >= 4 is 45.2 Å². The van der Waals surface area contributed by atoms with Crippen LogP contribution in [0.25, 0.3) is 0 Å². The first-order valence-corrected chi connectivity index (χ1v) is 8.30. The van der Waals surface area contributed by atoms with Crippen molar-refractivity contribution in [2.45, 2.75) is 13.0 Å². The zero-order valence-corrected chi connectivity index (χ0v) is 14.5. The van der Waals surface area contributed by atoms with E-state index < -0.39 is 0 Å². The van der Waals surface area contributed by atoms with Crippen LogP contribution in [-0.4, -0.2) is 17.8 Å². The van der Waals surface area contributed by atoms with Crippen molar-refractivity contribution in [2.24, 2.45) is 0 Å². The van der Waals surface area contributed by atoms with E-state index in [2.05, 4.69) is 74.0 Å². The van der Waals surface area contributed by atoms with E-state index in [9.17, 15) is 0 Å². The number of aromatic nitrogens is 1. The lowest BCUT2D eigenvalue weighted by molar-refractivity contribution is 0.291. The molecule has 0 radical (unpaired) electrons. The van der Waals surface area contributed by atoms with Crippen LogP contribution in [0.5, 0.6) is 11.5 Å². The molecule has 1 aromatic carbocycles. The molecule has 0 fully saturated rings. The van der Waals surface area contributed by atoms with Crippen LogP contribution in [0.15, 0.2) is 30.3 Å². The number of rotatable bonds is 2. The van der Waals surface area contributed by atoms with Crippen LogP contribution in [0.3, 0.4) is 0 Å². The third-order valence-electron chi connectivity index (χ3n) is 3.02. The number of benzene rings is 1. The minimum atomic E-state index is 0.731. The Hall–Kier alpha value is -0.440. The Morgan fingerprint density at radius 1 is 0.947 bits per heavy atom. The molecule has 3 rings (SSSR count). The Morgan fingerprint density at radius 2 is 1.53 bits per heavy atom. The molecule has 19 heavy (non-hydrogen) atoms. The SMILES string of the molecule is Ic1c2c(c(I)n1Cc1ccccc1)OCCCO2. The lowest BCUT2D eigenvalue weighted by Crippen LogP contribution is -2.06. The average Bonchev–Trinajstić information content (AvgIpc) is 2.65. The molecule has 0 N–H and O–H groups in total. The summed E-state index contributed by atoms with van der Waals surface area (Å²) < 4.78 is 16.1. The quantitative estimate of drug-likeness (QED) is 0.608. The summed E-state index contributed by atoms with van der Waals surface area (Å²) in [7, 11) is 0. The summed E-state index contributed by atoms with van der Waals surface area (Å²) in [6.07, 6.45) is 0.944. The molecule has 100 valence electrons. The average molecular weight is 481 g/mol. The maximum atomic E-state index is 5.82. The highest BCUT2D eigenvalue weighted by molar-refractivity contribution is 14.1. The molecule has 3 nitrogen and oxygen atoms in total. The Labute approximate surface area is 139 Å². The fourth-order valence-corrected chi connectivity index (χ4v) is 4.17. The molecule has 5 heteroatoms. The lowest BCUT2D eigenvalue weighted by Gasteiger charge is -2.08. The van der Waals surface area contributed by atoms with E-state index in [0.29, 0.717) is 0 Å². The minimum Gasteiger partial charge on any atom is -0.487 e. The fourth-order valence-electron chi connectivity index (χ4n) is 2.08. The Kier molecular flexibility index (Phi) is 4.21. The first-order valence-electron chi connectivity index (χ1n) is 6.14. The Morgan fingerprint density at radius 3 is 2.11 bits per heavy atom. The van der Waals surface area contributed by atoms with Gasteiger partial charge in [0, 0.05) is 13.0 Å². The molecular weight excluding hydrogens is 468 g/mol. The standard InChI is InChI=1S/C14H13I2NO2/c15-13-11-12(19-8-4-7-18-11)14(16)17(13)9-10-5-2-1-3-6-10/h1-3,5-6H,4,7-9H2. The van der Waals surface area contributed by atoms with E-state index >= 15 is 0 Å². The number of nitrogens with zero attached hydrogens (tertiary/aromatic N) is 1. The molecule has 2 heterocycles. The first kappa shape index (κ1) is 13.5. The van der Waals surface area contributed by atoms with Gasteiger partial charge in [0.1, 0.15) is 7.40 Å². The largest absolute Gasteiger partial charge is 0.487 e. The van der Waals surface area contributed by atoms with Gasteiger partial charge in [0.05, 0.1) is 13.2 Å². The number of hydrogen-bond acceptors (Lipinski definition) is 2. The minimum absolute atomic E-state index is 0.731. The van der Waals surface area contributed by atoms with Gasteiger partial charge in [-0.1, -0.05) is 30.3 Å². The van der Waals surface area contributed by atoms with Crippen LogP contribution < -0.4 is 9.47 Å². The van der Waals surface area contributed by atoms with Crippen molar-refractivity contribution in [1.29, 1.82) is 0 Å². The zero-order valence-electron chi connectivity index (χ0n) is 10.2. The molecule has 0 aliphatic carbocycles. The highest BCUT2D eigenvalue weighted by Gasteiger charge is 2.24. The first-order chi connectivity index (χ1) is 9.27. The van der Waals surface area contributed by atoms with Gasteiger partial charge in [-0.2, -0.15) is 0 Å². The second kappa shape index (κ2) is 5.90. The summed E-state index contributed by atoms with van der Waals surface area (Å²) in [6, 6.07) is 10.4. The molecule has 0 bridgehead atoms. The molecule has 0 unspecified atom stereocenters. The third-order valence-corrected chi connectivity index (χ3v) is 5.16. The van der Waals surface area contributed by atoms with Gasteiger partial charge in [-0.25, -0.2) is 0 Å². The van der Waals surface area contributed by atoms with E-state index in [1.807, 2.05) is 6.07 Å². The molecular formula is C14H13I2NO2. The van der Waals surface area contributed by atoms with E-state index in [-0.39, 0.29) is 0 Å². The predicted molar refractivity (Wildman–Crippen MR) is 91.0 cm³/mol. The molecule has 0 spiro atoms.